The summed E-state index contributed by atoms with van der Waals surface area (Å²) in [5, 5.41) is 11.2. The van der Waals surface area contributed by atoms with Crippen molar-refractivity contribution in [1.29, 1.82) is 0 Å². The Hall–Kier alpha value is -2.47. The molecule has 2 aromatic heterocycles. The van der Waals surface area contributed by atoms with Gasteiger partial charge in [-0.15, -0.1) is 0 Å². The number of nitrogens with zero attached hydrogens (tertiary/aromatic N) is 2. The van der Waals surface area contributed by atoms with E-state index >= 15 is 0 Å². The number of H-pyrrole nitrogens is 1. The summed E-state index contributed by atoms with van der Waals surface area (Å²) in [7, 11) is 0. The van der Waals surface area contributed by atoms with Crippen molar-refractivity contribution in [3.63, 3.8) is 0 Å². The third-order valence-corrected chi connectivity index (χ3v) is 3.76. The summed E-state index contributed by atoms with van der Waals surface area (Å²) in [6.45, 7) is 1.97. The molecule has 0 aliphatic carbocycles. The zero-order valence-corrected chi connectivity index (χ0v) is 12.3. The first-order chi connectivity index (χ1) is 10.2. The van der Waals surface area contributed by atoms with Gasteiger partial charge in [0.25, 0.3) is 0 Å². The van der Waals surface area contributed by atoms with E-state index in [9.17, 15) is 0 Å². The molecule has 0 bridgehead atoms. The molecule has 3 rings (SSSR count). The Labute approximate surface area is 127 Å². The summed E-state index contributed by atoms with van der Waals surface area (Å²) in [6.07, 6.45) is 1.78. The maximum atomic E-state index is 5.69. The van der Waals surface area contributed by atoms with Gasteiger partial charge >= 0.3 is 0 Å². The number of pyridine rings is 1. The van der Waals surface area contributed by atoms with Crippen molar-refractivity contribution in [3.05, 3.63) is 54.4 Å². The van der Waals surface area contributed by atoms with Gasteiger partial charge in [-0.05, 0) is 43.3 Å². The number of aromatic nitrogens is 3. The van der Waals surface area contributed by atoms with Gasteiger partial charge in [0.15, 0.2) is 5.82 Å². The van der Waals surface area contributed by atoms with Crippen LogP contribution in [0, 0.1) is 6.92 Å². The summed E-state index contributed by atoms with van der Waals surface area (Å²) in [4.78, 5) is 5.47. The molecule has 106 valence electrons. The van der Waals surface area contributed by atoms with Crippen LogP contribution < -0.4 is 11.1 Å². The molecule has 5 nitrogen and oxygen atoms in total. The third kappa shape index (κ3) is 3.55. The zero-order chi connectivity index (χ0) is 14.7. The smallest absolute Gasteiger partial charge is 0.152 e. The van der Waals surface area contributed by atoms with Crippen LogP contribution in [0.25, 0.3) is 0 Å². The molecule has 0 saturated carbocycles. The minimum absolute atomic E-state index is 0.761. The predicted molar refractivity (Wildman–Crippen MR) is 85.8 cm³/mol. The maximum Gasteiger partial charge on any atom is 0.152 e. The number of anilines is 3. The van der Waals surface area contributed by atoms with Gasteiger partial charge in [-0.3, -0.25) is 5.10 Å². The molecule has 3 aromatic rings. The number of nitrogens with two attached hydrogens (primary N) is 1. The molecule has 0 fully saturated rings. The second-order valence-corrected chi connectivity index (χ2v) is 5.71. The molecule has 1 aromatic carbocycles. The summed E-state index contributed by atoms with van der Waals surface area (Å²) in [6, 6.07) is 13.6. The largest absolute Gasteiger partial charge is 0.399 e. The van der Waals surface area contributed by atoms with Crippen molar-refractivity contribution < 1.29 is 0 Å². The lowest BCUT2D eigenvalue weighted by molar-refractivity contribution is 1.05. The van der Waals surface area contributed by atoms with Gasteiger partial charge in [-0.1, -0.05) is 11.8 Å². The Bertz CT molecular complexity index is 736. The van der Waals surface area contributed by atoms with Crippen LogP contribution in [0.4, 0.5) is 17.2 Å². The minimum atomic E-state index is 0.761. The first-order valence-corrected chi connectivity index (χ1v) is 7.29. The highest BCUT2D eigenvalue weighted by Crippen LogP contribution is 2.28. The molecule has 0 radical (unpaired) electrons. The van der Waals surface area contributed by atoms with Gasteiger partial charge in [0.2, 0.25) is 0 Å². The predicted octanol–water partition coefficient (Wildman–Crippen LogP) is 3.59. The van der Waals surface area contributed by atoms with Gasteiger partial charge in [-0.25, -0.2) is 4.98 Å². The summed E-state index contributed by atoms with van der Waals surface area (Å²) < 4.78 is 0. The standard InChI is InChI=1S/C15H15N5S/c1-10-8-14(20-19-10)18-12-6-7-17-15(9-12)21-13-4-2-11(16)3-5-13/h2-9H,16H2,1H3,(H2,17,18,19,20). The Morgan fingerprint density at radius 3 is 2.67 bits per heavy atom. The van der Waals surface area contributed by atoms with Crippen molar-refractivity contribution in [3.8, 4) is 0 Å². The Kier molecular flexibility index (Phi) is 3.79. The lowest BCUT2D eigenvalue weighted by atomic mass is 10.3. The maximum absolute atomic E-state index is 5.69. The highest BCUT2D eigenvalue weighted by atomic mass is 32.2. The topological polar surface area (TPSA) is 79.6 Å². The van der Waals surface area contributed by atoms with Crippen molar-refractivity contribution >= 4 is 29.0 Å². The van der Waals surface area contributed by atoms with Crippen LogP contribution in [0.2, 0.25) is 0 Å². The number of benzene rings is 1. The number of rotatable bonds is 4. The first-order valence-electron chi connectivity index (χ1n) is 6.47. The van der Waals surface area contributed by atoms with Crippen LogP contribution >= 0.6 is 11.8 Å². The molecule has 0 unspecified atom stereocenters. The number of nitrogens with one attached hydrogen (secondary N) is 2. The summed E-state index contributed by atoms with van der Waals surface area (Å²) in [5.41, 5.74) is 8.42. The van der Waals surface area contributed by atoms with E-state index in [1.54, 1.807) is 18.0 Å². The van der Waals surface area contributed by atoms with Crippen LogP contribution in [-0.2, 0) is 0 Å². The minimum Gasteiger partial charge on any atom is -0.399 e. The summed E-state index contributed by atoms with van der Waals surface area (Å²) >= 11 is 1.59. The molecular formula is C15H15N5S. The molecule has 21 heavy (non-hydrogen) atoms. The van der Waals surface area contributed by atoms with Crippen molar-refractivity contribution in [2.24, 2.45) is 0 Å². The van der Waals surface area contributed by atoms with Gasteiger partial charge in [0.05, 0.1) is 0 Å². The molecular weight excluding hydrogens is 282 g/mol. The lowest BCUT2D eigenvalue weighted by Gasteiger charge is -2.05. The molecule has 0 saturated heterocycles. The first kappa shape index (κ1) is 13.5. The molecule has 6 heteroatoms. The van der Waals surface area contributed by atoms with E-state index < -0.39 is 0 Å². The highest BCUT2D eigenvalue weighted by Gasteiger charge is 2.03. The average Bonchev–Trinajstić information content (AvgIpc) is 2.87. The number of hydrogen-bond acceptors (Lipinski definition) is 5. The van der Waals surface area contributed by atoms with E-state index in [4.69, 9.17) is 5.73 Å². The van der Waals surface area contributed by atoms with E-state index in [0.717, 1.165) is 32.8 Å². The van der Waals surface area contributed by atoms with E-state index in [1.807, 2.05) is 49.4 Å². The molecule has 0 atom stereocenters. The van der Waals surface area contributed by atoms with Gasteiger partial charge in [-0.2, -0.15) is 5.10 Å². The van der Waals surface area contributed by atoms with Crippen LogP contribution in [0.3, 0.4) is 0 Å². The van der Waals surface area contributed by atoms with Crippen LogP contribution in [-0.4, -0.2) is 15.2 Å². The Morgan fingerprint density at radius 1 is 1.14 bits per heavy atom. The van der Waals surface area contributed by atoms with Crippen molar-refractivity contribution in [2.75, 3.05) is 11.1 Å². The van der Waals surface area contributed by atoms with Gasteiger partial charge < -0.3 is 11.1 Å². The van der Waals surface area contributed by atoms with Crippen molar-refractivity contribution in [1.82, 2.24) is 15.2 Å². The van der Waals surface area contributed by atoms with E-state index in [-0.39, 0.29) is 0 Å². The molecule has 4 N–H and O–H groups in total. The van der Waals surface area contributed by atoms with Crippen LogP contribution in [0.1, 0.15) is 5.69 Å². The fourth-order valence-corrected chi connectivity index (χ4v) is 2.64. The zero-order valence-electron chi connectivity index (χ0n) is 11.5. The lowest BCUT2D eigenvalue weighted by Crippen LogP contribution is -1.91. The van der Waals surface area contributed by atoms with E-state index in [0.29, 0.717) is 0 Å². The average molecular weight is 297 g/mol. The highest BCUT2D eigenvalue weighted by molar-refractivity contribution is 7.99. The van der Waals surface area contributed by atoms with E-state index in [2.05, 4.69) is 20.5 Å². The van der Waals surface area contributed by atoms with Gasteiger partial charge in [0, 0.05) is 34.2 Å². The van der Waals surface area contributed by atoms with Gasteiger partial charge in [0.1, 0.15) is 5.03 Å². The Morgan fingerprint density at radius 2 is 1.95 bits per heavy atom. The molecule has 0 aliphatic heterocycles. The Balaban J connectivity index is 1.75. The fourth-order valence-electron chi connectivity index (χ4n) is 1.83. The molecule has 0 aliphatic rings. The number of aromatic amines is 1. The third-order valence-electron chi connectivity index (χ3n) is 2.82. The fraction of sp³-hybridized carbons (Fsp3) is 0.0667. The van der Waals surface area contributed by atoms with Crippen molar-refractivity contribution in [2.45, 2.75) is 16.8 Å². The quantitative estimate of drug-likeness (QED) is 0.641. The normalized spacial score (nSPS) is 10.5. The van der Waals surface area contributed by atoms with Crippen LogP contribution in [0.5, 0.6) is 0 Å². The molecule has 0 spiro atoms. The monoisotopic (exact) mass is 297 g/mol. The second-order valence-electron chi connectivity index (χ2n) is 4.62. The van der Waals surface area contributed by atoms with E-state index in [1.165, 1.54) is 0 Å². The SMILES string of the molecule is Cc1cc(Nc2ccnc(Sc3ccc(N)cc3)c2)n[nH]1. The second kappa shape index (κ2) is 5.88. The number of hydrogen-bond donors (Lipinski definition) is 3. The molecule has 2 heterocycles. The number of nitrogen functional groups attached to an aromatic ring is 1. The summed E-state index contributed by atoms with van der Waals surface area (Å²) in [5.74, 6) is 0.794. The number of aryl methyl sites for hydroxylation is 1. The molecule has 0 amide bonds. The van der Waals surface area contributed by atoms with Crippen LogP contribution in [0.15, 0.2) is 58.6 Å².